The average molecular weight is 577 g/mol. The third kappa shape index (κ3) is 4.48. The first-order valence-corrected chi connectivity index (χ1v) is 15.1. The van der Waals surface area contributed by atoms with Crippen LogP contribution in [0.1, 0.15) is 92.8 Å². The number of Topliss-reactive ketones (excluding diaryl/α,β-unsaturated/α-hetero) is 1. The number of carboxylic acid groups (broad SMARTS) is 2. The van der Waals surface area contributed by atoms with Gasteiger partial charge < -0.3 is 20.8 Å². The topological polar surface area (TPSA) is 133 Å². The summed E-state index contributed by atoms with van der Waals surface area (Å²) in [6.45, 7) is 0.121. The van der Waals surface area contributed by atoms with Gasteiger partial charge in [0, 0.05) is 34.0 Å². The Morgan fingerprint density at radius 1 is 0.558 bits per heavy atom. The molecule has 0 radical (unpaired) electrons. The van der Waals surface area contributed by atoms with Crippen molar-refractivity contribution in [3.05, 3.63) is 70.8 Å². The number of carboxylic acids is 2. The SMILES string of the molecule is O=C(O)c1ccc2c3ccc(C(=O)NC4CCCC4)c4c(C(=O)O)ccc(c5ccc(C(=O)CNC6CCCC6)c1c52)c43. The van der Waals surface area contributed by atoms with E-state index in [9.17, 15) is 29.4 Å². The van der Waals surface area contributed by atoms with Crippen molar-refractivity contribution in [3.63, 3.8) is 0 Å². The van der Waals surface area contributed by atoms with Crippen LogP contribution in [0.5, 0.6) is 0 Å². The Bertz CT molecular complexity index is 1950. The lowest BCUT2D eigenvalue weighted by molar-refractivity contribution is 0.0688. The number of benzene rings is 5. The first-order chi connectivity index (χ1) is 20.8. The van der Waals surface area contributed by atoms with E-state index in [-0.39, 0.29) is 41.4 Å². The molecule has 0 aliphatic heterocycles. The first kappa shape index (κ1) is 27.3. The molecule has 5 aromatic rings. The molecule has 2 fully saturated rings. The van der Waals surface area contributed by atoms with E-state index in [1.165, 1.54) is 12.1 Å². The molecule has 0 atom stereocenters. The van der Waals surface area contributed by atoms with Crippen LogP contribution in [0.15, 0.2) is 48.5 Å². The second kappa shape index (κ2) is 10.6. The van der Waals surface area contributed by atoms with Gasteiger partial charge in [0.1, 0.15) is 0 Å². The number of carbonyl (C=O) groups excluding carboxylic acids is 2. The first-order valence-electron chi connectivity index (χ1n) is 15.1. The third-order valence-corrected chi connectivity index (χ3v) is 9.50. The molecule has 0 spiro atoms. The second-order valence-corrected chi connectivity index (χ2v) is 12.0. The molecular formula is C35H32N2O6. The molecule has 8 nitrogen and oxygen atoms in total. The molecule has 0 saturated heterocycles. The number of rotatable bonds is 8. The van der Waals surface area contributed by atoms with E-state index < -0.39 is 11.9 Å². The zero-order valence-corrected chi connectivity index (χ0v) is 23.7. The van der Waals surface area contributed by atoms with Crippen LogP contribution < -0.4 is 10.6 Å². The van der Waals surface area contributed by atoms with E-state index in [0.29, 0.717) is 54.2 Å². The van der Waals surface area contributed by atoms with Gasteiger partial charge in [0.15, 0.2) is 5.78 Å². The number of amides is 1. The summed E-state index contributed by atoms with van der Waals surface area (Å²) in [4.78, 5) is 52.0. The fourth-order valence-corrected chi connectivity index (χ4v) is 7.46. The lowest BCUT2D eigenvalue weighted by Crippen LogP contribution is -2.32. The van der Waals surface area contributed by atoms with Gasteiger partial charge in [0.25, 0.3) is 5.91 Å². The predicted molar refractivity (Wildman–Crippen MR) is 166 cm³/mol. The highest BCUT2D eigenvalue weighted by atomic mass is 16.4. The maximum Gasteiger partial charge on any atom is 0.336 e. The Kier molecular flexibility index (Phi) is 6.73. The Balaban J connectivity index is 1.48. The summed E-state index contributed by atoms with van der Waals surface area (Å²) < 4.78 is 0. The zero-order valence-electron chi connectivity index (χ0n) is 23.7. The van der Waals surface area contributed by atoms with Gasteiger partial charge in [0.05, 0.1) is 17.7 Å². The van der Waals surface area contributed by atoms with Gasteiger partial charge in [-0.25, -0.2) is 9.59 Å². The van der Waals surface area contributed by atoms with Crippen LogP contribution in [0.4, 0.5) is 0 Å². The number of fused-ring (bicyclic) bond motifs is 2. The molecular weight excluding hydrogens is 544 g/mol. The third-order valence-electron chi connectivity index (χ3n) is 9.50. The highest BCUT2D eigenvalue weighted by molar-refractivity contribution is 6.38. The lowest BCUT2D eigenvalue weighted by Gasteiger charge is -2.20. The van der Waals surface area contributed by atoms with Gasteiger partial charge in [-0.15, -0.1) is 0 Å². The summed E-state index contributed by atoms with van der Waals surface area (Å²) in [6, 6.07) is 13.8. The van der Waals surface area contributed by atoms with E-state index in [1.54, 1.807) is 24.3 Å². The van der Waals surface area contributed by atoms with Gasteiger partial charge in [-0.05, 0) is 76.2 Å². The van der Waals surface area contributed by atoms with E-state index in [2.05, 4.69) is 10.6 Å². The molecule has 8 heteroatoms. The molecule has 0 bridgehead atoms. The van der Waals surface area contributed by atoms with Crippen LogP contribution in [0.3, 0.4) is 0 Å². The minimum absolute atomic E-state index is 0.0313. The summed E-state index contributed by atoms with van der Waals surface area (Å²) in [6.07, 6.45) is 8.22. The number of carbonyl (C=O) groups is 4. The van der Waals surface area contributed by atoms with Crippen molar-refractivity contribution in [2.45, 2.75) is 63.5 Å². The van der Waals surface area contributed by atoms with Crippen LogP contribution in [0, 0.1) is 0 Å². The number of hydrogen-bond acceptors (Lipinski definition) is 5. The summed E-state index contributed by atoms with van der Waals surface area (Å²) in [5, 5.41) is 31.7. The maximum absolute atomic E-state index is 13.6. The van der Waals surface area contributed by atoms with Crippen LogP contribution >= 0.6 is 0 Å². The molecule has 5 aromatic carbocycles. The summed E-state index contributed by atoms with van der Waals surface area (Å²) in [5.74, 6) is -2.73. The molecule has 2 aliphatic carbocycles. The number of hydrogen-bond donors (Lipinski definition) is 4. The molecule has 7 rings (SSSR count). The van der Waals surface area contributed by atoms with Crippen molar-refractivity contribution >= 4 is 66.7 Å². The molecule has 43 heavy (non-hydrogen) atoms. The fraction of sp³-hybridized carbons (Fsp3) is 0.314. The van der Waals surface area contributed by atoms with E-state index in [4.69, 9.17) is 0 Å². The zero-order chi connectivity index (χ0) is 29.8. The maximum atomic E-state index is 13.6. The Labute approximate surface area is 247 Å². The molecule has 0 heterocycles. The normalized spacial score (nSPS) is 16.2. The van der Waals surface area contributed by atoms with Crippen molar-refractivity contribution < 1.29 is 29.4 Å². The second-order valence-electron chi connectivity index (χ2n) is 12.0. The van der Waals surface area contributed by atoms with E-state index >= 15 is 0 Å². The van der Waals surface area contributed by atoms with Crippen molar-refractivity contribution in [2.75, 3.05) is 6.54 Å². The minimum Gasteiger partial charge on any atom is -0.478 e. The number of ketones is 1. The Hall–Kier alpha value is -4.56. The van der Waals surface area contributed by atoms with Gasteiger partial charge in [-0.3, -0.25) is 9.59 Å². The molecule has 218 valence electrons. The van der Waals surface area contributed by atoms with Gasteiger partial charge in [0.2, 0.25) is 0 Å². The molecule has 4 N–H and O–H groups in total. The van der Waals surface area contributed by atoms with Gasteiger partial charge >= 0.3 is 11.9 Å². The summed E-state index contributed by atoms with van der Waals surface area (Å²) in [7, 11) is 0. The van der Waals surface area contributed by atoms with Crippen molar-refractivity contribution in [1.29, 1.82) is 0 Å². The van der Waals surface area contributed by atoms with Gasteiger partial charge in [-0.2, -0.15) is 0 Å². The molecule has 2 aliphatic rings. The Morgan fingerprint density at radius 2 is 0.977 bits per heavy atom. The number of aromatic carboxylic acids is 2. The van der Waals surface area contributed by atoms with Crippen LogP contribution in [-0.2, 0) is 0 Å². The molecule has 1 amide bonds. The van der Waals surface area contributed by atoms with Crippen molar-refractivity contribution in [1.82, 2.24) is 10.6 Å². The smallest absolute Gasteiger partial charge is 0.336 e. The number of nitrogens with one attached hydrogen (secondary N) is 2. The van der Waals surface area contributed by atoms with Crippen molar-refractivity contribution in [2.24, 2.45) is 0 Å². The van der Waals surface area contributed by atoms with Gasteiger partial charge in [-0.1, -0.05) is 56.0 Å². The average Bonchev–Trinajstić information content (AvgIpc) is 3.72. The van der Waals surface area contributed by atoms with Crippen molar-refractivity contribution in [3.8, 4) is 0 Å². The molecule has 2 saturated carbocycles. The van der Waals surface area contributed by atoms with Crippen LogP contribution in [0.2, 0.25) is 0 Å². The summed E-state index contributed by atoms with van der Waals surface area (Å²) >= 11 is 0. The van der Waals surface area contributed by atoms with Crippen LogP contribution in [0.25, 0.3) is 43.1 Å². The highest BCUT2D eigenvalue weighted by Gasteiger charge is 2.27. The lowest BCUT2D eigenvalue weighted by atomic mass is 9.83. The quantitative estimate of drug-likeness (QED) is 0.0939. The van der Waals surface area contributed by atoms with Crippen LogP contribution in [-0.4, -0.2) is 52.5 Å². The summed E-state index contributed by atoms with van der Waals surface area (Å²) in [5.41, 5.74) is 0.720. The Morgan fingerprint density at radius 3 is 1.47 bits per heavy atom. The fourth-order valence-electron chi connectivity index (χ4n) is 7.46. The largest absolute Gasteiger partial charge is 0.478 e. The van der Waals surface area contributed by atoms with E-state index in [0.717, 1.165) is 51.4 Å². The highest BCUT2D eigenvalue weighted by Crippen LogP contribution is 2.44. The monoisotopic (exact) mass is 576 g/mol. The predicted octanol–water partition coefficient (Wildman–Crippen LogP) is 6.52. The minimum atomic E-state index is -1.13. The van der Waals surface area contributed by atoms with E-state index in [1.807, 2.05) is 12.1 Å². The molecule has 0 unspecified atom stereocenters. The molecule has 0 aromatic heterocycles. The standard InChI is InChI=1S/C35H32N2O6/c38-28(17-36-18-5-1-2-6-18)24-13-9-20-23-12-16-27(35(42)43)32-25(33(39)37-19-7-3-4-8-19)14-10-21(30(23)32)22-11-15-26(34(40)41)31(24)29(20)22/h9-16,18-19,36H,1-8,17H2,(H,37,39)(H,40,41)(H,42,43).